The molecule has 5 amide bonds. The monoisotopic (exact) mass is 655 g/mol. The van der Waals surface area contributed by atoms with Gasteiger partial charge in [0.15, 0.2) is 0 Å². The van der Waals surface area contributed by atoms with Gasteiger partial charge in [0.05, 0.1) is 18.6 Å². The van der Waals surface area contributed by atoms with Gasteiger partial charge < -0.3 is 31.3 Å². The molecule has 0 spiro atoms. The SMILES string of the molecule is CC(C)C[C@H]1NC(=O)C[C@@H](C(=O)NCCc2ccccc2)NC(=O)c2ccccc2OCCCNC(=O)[C@H](Cc2ccccc2)NC1=O. The molecule has 0 unspecified atom stereocenters. The van der Waals surface area contributed by atoms with Crippen LogP contribution in [0.3, 0.4) is 0 Å². The maximum atomic E-state index is 13.6. The molecule has 0 fully saturated rings. The quantitative estimate of drug-likeness (QED) is 0.252. The standard InChI is InChI=1S/C37H45N5O6/c1-25(2)22-29-37(47)42-30(23-27-14-7-4-8-15-27)35(45)38-19-11-21-48-32-17-10-9-16-28(32)34(44)41-31(24-33(43)40-29)36(46)39-20-18-26-12-5-3-6-13-26/h3-10,12-17,25,29-31H,11,18-24H2,1-2H3,(H,38,45)(H,39,46)(H,40,43)(H,41,44)(H,42,47)/t29-,30+,31+/m1/s1. The predicted molar refractivity (Wildman–Crippen MR) is 182 cm³/mol. The zero-order valence-corrected chi connectivity index (χ0v) is 27.5. The van der Waals surface area contributed by atoms with E-state index in [1.807, 2.05) is 74.5 Å². The van der Waals surface area contributed by atoms with Crippen LogP contribution in [0.25, 0.3) is 0 Å². The summed E-state index contributed by atoms with van der Waals surface area (Å²) in [6, 6.07) is 22.5. The van der Waals surface area contributed by atoms with Crippen LogP contribution in [0.15, 0.2) is 84.9 Å². The van der Waals surface area contributed by atoms with Gasteiger partial charge >= 0.3 is 0 Å². The van der Waals surface area contributed by atoms with Gasteiger partial charge in [-0.1, -0.05) is 86.6 Å². The summed E-state index contributed by atoms with van der Waals surface area (Å²) in [5, 5.41) is 14.0. The molecule has 48 heavy (non-hydrogen) atoms. The Labute approximate surface area is 281 Å². The first-order valence-corrected chi connectivity index (χ1v) is 16.4. The number of carbonyl (C=O) groups excluding carboxylic acids is 5. The normalized spacial score (nSPS) is 19.7. The summed E-state index contributed by atoms with van der Waals surface area (Å²) in [6.07, 6.45) is 1.13. The van der Waals surface area contributed by atoms with Gasteiger partial charge in [0.1, 0.15) is 23.9 Å². The van der Waals surface area contributed by atoms with Crippen molar-refractivity contribution in [1.82, 2.24) is 26.6 Å². The van der Waals surface area contributed by atoms with Crippen LogP contribution in [-0.4, -0.2) is 67.4 Å². The first-order chi connectivity index (χ1) is 23.2. The third-order valence-corrected chi connectivity index (χ3v) is 7.85. The first kappa shape index (κ1) is 35.7. The molecule has 1 aliphatic heterocycles. The van der Waals surface area contributed by atoms with E-state index in [1.165, 1.54) is 0 Å². The molecule has 5 N–H and O–H groups in total. The molecule has 254 valence electrons. The van der Waals surface area contributed by atoms with Crippen LogP contribution < -0.4 is 31.3 Å². The molecule has 3 aromatic rings. The van der Waals surface area contributed by atoms with E-state index in [1.54, 1.807) is 24.3 Å². The Morgan fingerprint density at radius 3 is 2.19 bits per heavy atom. The molecule has 11 nitrogen and oxygen atoms in total. The fourth-order valence-corrected chi connectivity index (χ4v) is 5.39. The highest BCUT2D eigenvalue weighted by Gasteiger charge is 2.30. The Morgan fingerprint density at radius 1 is 0.812 bits per heavy atom. The second-order valence-electron chi connectivity index (χ2n) is 12.2. The lowest BCUT2D eigenvalue weighted by Crippen LogP contribution is -2.56. The number of nitrogens with one attached hydrogen (secondary N) is 5. The summed E-state index contributed by atoms with van der Waals surface area (Å²) in [7, 11) is 0. The molecule has 0 saturated carbocycles. The lowest BCUT2D eigenvalue weighted by Gasteiger charge is -2.25. The van der Waals surface area contributed by atoms with Crippen LogP contribution in [0, 0.1) is 5.92 Å². The van der Waals surface area contributed by atoms with Crippen molar-refractivity contribution in [2.45, 2.75) is 64.1 Å². The summed E-state index contributed by atoms with van der Waals surface area (Å²) in [4.78, 5) is 67.4. The molecule has 1 aliphatic rings. The third kappa shape index (κ3) is 11.3. The fraction of sp³-hybridized carbons (Fsp3) is 0.378. The Balaban J connectivity index is 1.58. The minimum Gasteiger partial charge on any atom is -0.493 e. The highest BCUT2D eigenvalue weighted by Crippen LogP contribution is 2.19. The van der Waals surface area contributed by atoms with Crippen LogP contribution in [0.5, 0.6) is 5.75 Å². The summed E-state index contributed by atoms with van der Waals surface area (Å²) in [5.74, 6) is -2.28. The van der Waals surface area contributed by atoms with Crippen LogP contribution in [0.2, 0.25) is 0 Å². The summed E-state index contributed by atoms with van der Waals surface area (Å²) < 4.78 is 5.90. The predicted octanol–water partition coefficient (Wildman–Crippen LogP) is 2.69. The molecular formula is C37H45N5O6. The van der Waals surface area contributed by atoms with Crippen molar-refractivity contribution in [3.8, 4) is 5.75 Å². The van der Waals surface area contributed by atoms with Gasteiger partial charge in [-0.25, -0.2) is 0 Å². The molecule has 0 radical (unpaired) electrons. The number of benzene rings is 3. The van der Waals surface area contributed by atoms with E-state index < -0.39 is 48.2 Å². The number of rotatable bonds is 8. The molecule has 4 rings (SSSR count). The molecule has 11 heteroatoms. The highest BCUT2D eigenvalue weighted by atomic mass is 16.5. The first-order valence-electron chi connectivity index (χ1n) is 16.4. The smallest absolute Gasteiger partial charge is 0.255 e. The lowest BCUT2D eigenvalue weighted by atomic mass is 10.0. The summed E-state index contributed by atoms with van der Waals surface area (Å²) >= 11 is 0. The van der Waals surface area contributed by atoms with Gasteiger partial charge in [0.25, 0.3) is 5.91 Å². The maximum Gasteiger partial charge on any atom is 0.255 e. The second kappa shape index (κ2) is 18.2. The molecule has 0 bridgehead atoms. The van der Waals surface area contributed by atoms with Crippen molar-refractivity contribution in [3.63, 3.8) is 0 Å². The van der Waals surface area contributed by atoms with E-state index in [-0.39, 0.29) is 37.0 Å². The van der Waals surface area contributed by atoms with E-state index in [9.17, 15) is 24.0 Å². The highest BCUT2D eigenvalue weighted by molar-refractivity contribution is 6.01. The molecule has 3 aromatic carbocycles. The lowest BCUT2D eigenvalue weighted by molar-refractivity contribution is -0.133. The van der Waals surface area contributed by atoms with E-state index in [2.05, 4.69) is 26.6 Å². The molecular weight excluding hydrogens is 610 g/mol. The number of amides is 5. The van der Waals surface area contributed by atoms with Crippen LogP contribution in [0.1, 0.15) is 54.6 Å². The Kier molecular flexibility index (Phi) is 13.5. The van der Waals surface area contributed by atoms with Crippen LogP contribution in [-0.2, 0) is 32.0 Å². The van der Waals surface area contributed by atoms with Crippen molar-refractivity contribution in [1.29, 1.82) is 0 Å². The van der Waals surface area contributed by atoms with Gasteiger partial charge in [0, 0.05) is 19.5 Å². The summed E-state index contributed by atoms with van der Waals surface area (Å²) in [5.41, 5.74) is 2.09. The van der Waals surface area contributed by atoms with Crippen molar-refractivity contribution in [2.24, 2.45) is 5.92 Å². The second-order valence-corrected chi connectivity index (χ2v) is 12.2. The number of hydrogen-bond acceptors (Lipinski definition) is 6. The number of carbonyl (C=O) groups is 5. The molecule has 1 heterocycles. The fourth-order valence-electron chi connectivity index (χ4n) is 5.39. The van der Waals surface area contributed by atoms with E-state index in [0.29, 0.717) is 31.6 Å². The maximum absolute atomic E-state index is 13.6. The van der Waals surface area contributed by atoms with Crippen molar-refractivity contribution in [3.05, 3.63) is 102 Å². The Morgan fingerprint density at radius 2 is 1.48 bits per heavy atom. The van der Waals surface area contributed by atoms with Crippen molar-refractivity contribution in [2.75, 3.05) is 19.7 Å². The zero-order valence-electron chi connectivity index (χ0n) is 27.5. The number of para-hydroxylation sites is 1. The molecule has 0 aromatic heterocycles. The Hall–Kier alpha value is -5.19. The zero-order chi connectivity index (χ0) is 34.3. The number of ether oxygens (including phenoxy) is 1. The number of hydrogen-bond donors (Lipinski definition) is 5. The topological polar surface area (TPSA) is 155 Å². The largest absolute Gasteiger partial charge is 0.493 e. The van der Waals surface area contributed by atoms with Gasteiger partial charge in [-0.2, -0.15) is 0 Å². The number of fused-ring (bicyclic) bond motifs is 1. The molecule has 3 atom stereocenters. The summed E-state index contributed by atoms with van der Waals surface area (Å²) in [6.45, 7) is 4.59. The average Bonchev–Trinajstić information content (AvgIpc) is 3.07. The van der Waals surface area contributed by atoms with Gasteiger partial charge in [-0.15, -0.1) is 0 Å². The minimum absolute atomic E-state index is 0.0218. The van der Waals surface area contributed by atoms with Gasteiger partial charge in [-0.05, 0) is 48.4 Å². The van der Waals surface area contributed by atoms with Crippen LogP contribution in [0.4, 0.5) is 0 Å². The average molecular weight is 656 g/mol. The molecule has 0 aliphatic carbocycles. The minimum atomic E-state index is -1.24. The molecule has 0 saturated heterocycles. The van der Waals surface area contributed by atoms with Gasteiger partial charge in [-0.3, -0.25) is 24.0 Å². The van der Waals surface area contributed by atoms with E-state index in [0.717, 1.165) is 11.1 Å². The van der Waals surface area contributed by atoms with E-state index in [4.69, 9.17) is 4.74 Å². The van der Waals surface area contributed by atoms with Gasteiger partial charge in [0.2, 0.25) is 23.6 Å². The van der Waals surface area contributed by atoms with Crippen molar-refractivity contribution < 1.29 is 28.7 Å². The van der Waals surface area contributed by atoms with Crippen LogP contribution >= 0.6 is 0 Å². The third-order valence-electron chi connectivity index (χ3n) is 7.85. The van der Waals surface area contributed by atoms with Crippen molar-refractivity contribution >= 4 is 29.5 Å². The Bertz CT molecular complexity index is 1530. The van der Waals surface area contributed by atoms with E-state index >= 15 is 0 Å².